The molecule has 0 bridgehead atoms. The highest BCUT2D eigenvalue weighted by molar-refractivity contribution is 5.95. The Bertz CT molecular complexity index is 948. The Labute approximate surface area is 175 Å². The van der Waals surface area contributed by atoms with Crippen LogP contribution < -0.4 is 19.5 Å². The Hall–Kier alpha value is -3.62. The van der Waals surface area contributed by atoms with Gasteiger partial charge in [0, 0.05) is 11.8 Å². The summed E-state index contributed by atoms with van der Waals surface area (Å²) in [7, 11) is 0. The number of rotatable bonds is 10. The molecular weight excluding hydrogens is 386 g/mol. The third-order valence-corrected chi connectivity index (χ3v) is 4.05. The number of benzene rings is 1. The second-order valence-corrected chi connectivity index (χ2v) is 6.15. The van der Waals surface area contributed by atoms with E-state index in [1.807, 2.05) is 32.9 Å². The SMILES string of the molecule is CCOc1cc(C(=O)NCc2cn(-c3cccnc3)nn2)cc(OCC)c1OCC. The molecule has 0 aliphatic heterocycles. The third kappa shape index (κ3) is 5.05. The van der Waals surface area contributed by atoms with Crippen molar-refractivity contribution in [2.24, 2.45) is 0 Å². The van der Waals surface area contributed by atoms with Crippen molar-refractivity contribution in [3.8, 4) is 22.9 Å². The second-order valence-electron chi connectivity index (χ2n) is 6.15. The van der Waals surface area contributed by atoms with Crippen molar-refractivity contribution < 1.29 is 19.0 Å². The van der Waals surface area contributed by atoms with Gasteiger partial charge in [0.1, 0.15) is 5.69 Å². The average Bonchev–Trinajstić information content (AvgIpc) is 3.24. The molecule has 0 saturated heterocycles. The minimum absolute atomic E-state index is 0.222. The maximum atomic E-state index is 12.7. The number of aromatic nitrogens is 4. The highest BCUT2D eigenvalue weighted by Crippen LogP contribution is 2.39. The Balaban J connectivity index is 1.75. The van der Waals surface area contributed by atoms with Gasteiger partial charge in [0.2, 0.25) is 5.75 Å². The van der Waals surface area contributed by atoms with E-state index in [0.717, 1.165) is 5.69 Å². The van der Waals surface area contributed by atoms with Crippen LogP contribution in [-0.4, -0.2) is 45.7 Å². The van der Waals surface area contributed by atoms with Gasteiger partial charge in [0.25, 0.3) is 5.91 Å². The molecule has 2 heterocycles. The molecule has 1 amide bonds. The molecule has 9 nitrogen and oxygen atoms in total. The normalized spacial score (nSPS) is 10.5. The van der Waals surface area contributed by atoms with Gasteiger partial charge in [-0.25, -0.2) is 4.68 Å². The number of hydrogen-bond donors (Lipinski definition) is 1. The van der Waals surface area contributed by atoms with Crippen LogP contribution in [0.15, 0.2) is 42.9 Å². The fourth-order valence-electron chi connectivity index (χ4n) is 2.79. The Morgan fingerprint density at radius 2 is 1.77 bits per heavy atom. The molecule has 0 fully saturated rings. The monoisotopic (exact) mass is 411 g/mol. The topological polar surface area (TPSA) is 100 Å². The predicted octanol–water partition coefficient (Wildman–Crippen LogP) is 2.79. The van der Waals surface area contributed by atoms with Crippen LogP contribution in [0.25, 0.3) is 5.69 Å². The van der Waals surface area contributed by atoms with Gasteiger partial charge in [-0.15, -0.1) is 5.10 Å². The van der Waals surface area contributed by atoms with Gasteiger partial charge in [-0.2, -0.15) is 0 Å². The zero-order valence-corrected chi connectivity index (χ0v) is 17.3. The number of pyridine rings is 1. The summed E-state index contributed by atoms with van der Waals surface area (Å²) in [5.74, 6) is 1.16. The molecular formula is C21H25N5O4. The molecule has 0 radical (unpaired) electrons. The molecule has 3 rings (SSSR count). The number of ether oxygens (including phenoxy) is 3. The van der Waals surface area contributed by atoms with E-state index in [-0.39, 0.29) is 12.5 Å². The van der Waals surface area contributed by atoms with E-state index in [9.17, 15) is 4.79 Å². The molecule has 9 heteroatoms. The number of amides is 1. The molecule has 0 unspecified atom stereocenters. The van der Waals surface area contributed by atoms with Crippen LogP contribution in [0.1, 0.15) is 36.8 Å². The van der Waals surface area contributed by atoms with Gasteiger partial charge in [0.05, 0.1) is 44.4 Å². The maximum Gasteiger partial charge on any atom is 0.251 e. The summed E-state index contributed by atoms with van der Waals surface area (Å²) in [5, 5.41) is 11.0. The van der Waals surface area contributed by atoms with Crippen molar-refractivity contribution in [1.82, 2.24) is 25.3 Å². The molecule has 0 aliphatic carbocycles. The molecule has 158 valence electrons. The van der Waals surface area contributed by atoms with Crippen molar-refractivity contribution in [2.45, 2.75) is 27.3 Å². The first kappa shape index (κ1) is 21.1. The van der Waals surface area contributed by atoms with E-state index >= 15 is 0 Å². The average molecular weight is 411 g/mol. The summed E-state index contributed by atoms with van der Waals surface area (Å²) in [5.41, 5.74) is 1.81. The number of carbonyl (C=O) groups excluding carboxylic acids is 1. The van der Waals surface area contributed by atoms with Crippen LogP contribution in [0.5, 0.6) is 17.2 Å². The molecule has 0 saturated carbocycles. The van der Waals surface area contributed by atoms with Crippen molar-refractivity contribution in [3.63, 3.8) is 0 Å². The standard InChI is InChI=1S/C21H25N5O4/c1-4-28-18-10-15(11-19(29-5-2)20(18)30-6-3)21(27)23-12-16-14-26(25-24-16)17-8-7-9-22-13-17/h7-11,13-14H,4-6,12H2,1-3H3,(H,23,27). The van der Waals surface area contributed by atoms with E-state index in [4.69, 9.17) is 14.2 Å². The maximum absolute atomic E-state index is 12.7. The molecule has 3 aromatic rings. The molecule has 30 heavy (non-hydrogen) atoms. The fourth-order valence-corrected chi connectivity index (χ4v) is 2.79. The van der Waals surface area contributed by atoms with Crippen molar-refractivity contribution in [1.29, 1.82) is 0 Å². The lowest BCUT2D eigenvalue weighted by molar-refractivity contribution is 0.0949. The van der Waals surface area contributed by atoms with Gasteiger partial charge >= 0.3 is 0 Å². The number of hydrogen-bond acceptors (Lipinski definition) is 7. The van der Waals surface area contributed by atoms with Gasteiger partial charge < -0.3 is 19.5 Å². The predicted molar refractivity (Wildman–Crippen MR) is 110 cm³/mol. The fraction of sp³-hybridized carbons (Fsp3) is 0.333. The van der Waals surface area contributed by atoms with Crippen molar-refractivity contribution in [3.05, 3.63) is 54.1 Å². The molecule has 0 spiro atoms. The van der Waals surface area contributed by atoms with E-state index in [1.165, 1.54) is 0 Å². The highest BCUT2D eigenvalue weighted by atomic mass is 16.5. The summed E-state index contributed by atoms with van der Waals surface area (Å²) >= 11 is 0. The largest absolute Gasteiger partial charge is 0.490 e. The van der Waals surface area contributed by atoms with Crippen molar-refractivity contribution >= 4 is 5.91 Å². The Morgan fingerprint density at radius 3 is 2.37 bits per heavy atom. The number of carbonyl (C=O) groups is 1. The van der Waals surface area contributed by atoms with Crippen molar-refractivity contribution in [2.75, 3.05) is 19.8 Å². The summed E-state index contributed by atoms with van der Waals surface area (Å²) in [6, 6.07) is 6.99. The second kappa shape index (κ2) is 10.2. The van der Waals surface area contributed by atoms with E-state index in [2.05, 4.69) is 20.6 Å². The lowest BCUT2D eigenvalue weighted by Crippen LogP contribution is -2.23. The summed E-state index contributed by atoms with van der Waals surface area (Å²) in [4.78, 5) is 16.8. The molecule has 1 N–H and O–H groups in total. The Kier molecular flexibility index (Phi) is 7.20. The first-order valence-electron chi connectivity index (χ1n) is 9.82. The minimum Gasteiger partial charge on any atom is -0.490 e. The zero-order chi connectivity index (χ0) is 21.3. The van der Waals surface area contributed by atoms with Crippen LogP contribution in [-0.2, 0) is 6.54 Å². The zero-order valence-electron chi connectivity index (χ0n) is 17.3. The smallest absolute Gasteiger partial charge is 0.251 e. The first-order valence-corrected chi connectivity index (χ1v) is 9.82. The molecule has 0 atom stereocenters. The lowest BCUT2D eigenvalue weighted by atomic mass is 10.1. The van der Waals surface area contributed by atoms with Gasteiger partial charge in [-0.05, 0) is 45.0 Å². The van der Waals surface area contributed by atoms with Gasteiger partial charge in [-0.1, -0.05) is 5.21 Å². The van der Waals surface area contributed by atoms with Crippen LogP contribution in [0, 0.1) is 0 Å². The summed E-state index contributed by atoms with van der Waals surface area (Å²) in [6.07, 6.45) is 5.11. The molecule has 0 aliphatic rings. The highest BCUT2D eigenvalue weighted by Gasteiger charge is 2.18. The molecule has 2 aromatic heterocycles. The van der Waals surface area contributed by atoms with Crippen LogP contribution in [0.4, 0.5) is 0 Å². The lowest BCUT2D eigenvalue weighted by Gasteiger charge is -2.17. The Morgan fingerprint density at radius 1 is 1.07 bits per heavy atom. The van der Waals surface area contributed by atoms with E-state index in [1.54, 1.807) is 35.4 Å². The quantitative estimate of drug-likeness (QED) is 0.547. The van der Waals surface area contributed by atoms with E-state index < -0.39 is 0 Å². The summed E-state index contributed by atoms with van der Waals surface area (Å²) < 4.78 is 18.6. The molecule has 1 aromatic carbocycles. The third-order valence-electron chi connectivity index (χ3n) is 4.05. The van der Waals surface area contributed by atoms with Crippen LogP contribution >= 0.6 is 0 Å². The van der Waals surface area contributed by atoms with E-state index in [0.29, 0.717) is 48.3 Å². The number of nitrogens with one attached hydrogen (secondary N) is 1. The van der Waals surface area contributed by atoms with Crippen LogP contribution in [0.3, 0.4) is 0 Å². The van der Waals surface area contributed by atoms with Gasteiger partial charge in [-0.3, -0.25) is 9.78 Å². The minimum atomic E-state index is -0.282. The van der Waals surface area contributed by atoms with Gasteiger partial charge in [0.15, 0.2) is 11.5 Å². The summed E-state index contributed by atoms with van der Waals surface area (Å²) in [6.45, 7) is 7.17. The number of nitrogens with zero attached hydrogens (tertiary/aromatic N) is 4. The first-order chi connectivity index (χ1) is 14.7. The van der Waals surface area contributed by atoms with Crippen LogP contribution in [0.2, 0.25) is 0 Å².